The van der Waals surface area contributed by atoms with Gasteiger partial charge in [0, 0.05) is 32.7 Å². The lowest BCUT2D eigenvalue weighted by molar-refractivity contribution is 0.105. The molecular weight excluding hydrogens is 493 g/mol. The van der Waals surface area contributed by atoms with Crippen molar-refractivity contribution in [3.8, 4) is 11.5 Å². The third-order valence-electron chi connectivity index (χ3n) is 5.85. The van der Waals surface area contributed by atoms with Crippen LogP contribution in [0, 0.1) is 5.41 Å². The summed E-state index contributed by atoms with van der Waals surface area (Å²) in [6.45, 7) is 9.63. The summed E-state index contributed by atoms with van der Waals surface area (Å²) in [7, 11) is 0. The van der Waals surface area contributed by atoms with Crippen LogP contribution in [0.5, 0.6) is 11.5 Å². The zero-order chi connectivity index (χ0) is 20.4. The normalized spacial score (nSPS) is 17.7. The highest BCUT2D eigenvalue weighted by Crippen LogP contribution is 2.40. The third-order valence-corrected chi connectivity index (χ3v) is 5.85. The first kappa shape index (κ1) is 25.0. The fourth-order valence-corrected chi connectivity index (χ4v) is 4.16. The molecule has 30 heavy (non-hydrogen) atoms. The average molecular weight is 531 g/mol. The molecule has 0 aromatic heterocycles. The summed E-state index contributed by atoms with van der Waals surface area (Å²) in [6.07, 6.45) is 7.22. The van der Waals surface area contributed by atoms with Crippen LogP contribution in [0.1, 0.15) is 57.9 Å². The molecule has 170 valence electrons. The molecule has 0 amide bonds. The van der Waals surface area contributed by atoms with Gasteiger partial charge in [-0.15, -0.1) is 24.0 Å². The van der Waals surface area contributed by atoms with Crippen molar-refractivity contribution in [3.05, 3.63) is 23.8 Å². The molecule has 0 atom stereocenters. The van der Waals surface area contributed by atoms with E-state index in [0.29, 0.717) is 25.2 Å². The molecule has 1 aliphatic heterocycles. The molecule has 0 saturated heterocycles. The number of benzene rings is 1. The van der Waals surface area contributed by atoms with Crippen LogP contribution in [-0.4, -0.2) is 45.5 Å². The summed E-state index contributed by atoms with van der Waals surface area (Å²) in [4.78, 5) is 4.81. The van der Waals surface area contributed by atoms with Gasteiger partial charge in [-0.1, -0.05) is 18.9 Å². The first-order valence-electron chi connectivity index (χ1n) is 11.2. The Morgan fingerprint density at radius 3 is 2.57 bits per heavy atom. The molecule has 2 aliphatic rings. The monoisotopic (exact) mass is 531 g/mol. The van der Waals surface area contributed by atoms with Crippen molar-refractivity contribution < 1.29 is 14.2 Å². The Bertz CT molecular complexity index is 663. The summed E-state index contributed by atoms with van der Waals surface area (Å²) in [5, 5.41) is 6.99. The predicted octanol–water partition coefficient (Wildman–Crippen LogP) is 4.51. The standard InChI is InChI=1S/C23H37N3O3.HI/c1-3-24-22(26-18-23(10-5-6-11-23)12-15-27-4-2)25-17-19-8-9-20-21(16-19)29-14-7-13-28-20;/h8-9,16H,3-7,10-15,17-18H2,1-2H3,(H2,24,25,26);1H. The van der Waals surface area contributed by atoms with Crippen molar-refractivity contribution in [2.75, 3.05) is 39.5 Å². The van der Waals surface area contributed by atoms with Gasteiger partial charge in [-0.3, -0.25) is 0 Å². The van der Waals surface area contributed by atoms with E-state index in [4.69, 9.17) is 19.2 Å². The second-order valence-corrected chi connectivity index (χ2v) is 8.03. The van der Waals surface area contributed by atoms with Crippen molar-refractivity contribution in [2.45, 2.75) is 58.9 Å². The maximum Gasteiger partial charge on any atom is 0.191 e. The number of hydrogen-bond donors (Lipinski definition) is 2. The number of rotatable bonds is 9. The maximum absolute atomic E-state index is 5.80. The highest BCUT2D eigenvalue weighted by molar-refractivity contribution is 14.0. The Labute approximate surface area is 198 Å². The maximum atomic E-state index is 5.80. The molecule has 1 heterocycles. The molecule has 1 aromatic rings. The van der Waals surface area contributed by atoms with Gasteiger partial charge >= 0.3 is 0 Å². The van der Waals surface area contributed by atoms with Crippen molar-refractivity contribution in [3.63, 3.8) is 0 Å². The lowest BCUT2D eigenvalue weighted by Crippen LogP contribution is -2.43. The predicted molar refractivity (Wildman–Crippen MR) is 132 cm³/mol. The van der Waals surface area contributed by atoms with Crippen LogP contribution in [0.3, 0.4) is 0 Å². The van der Waals surface area contributed by atoms with Gasteiger partial charge < -0.3 is 24.8 Å². The number of ether oxygens (including phenoxy) is 3. The lowest BCUT2D eigenvalue weighted by atomic mass is 9.83. The third kappa shape index (κ3) is 7.48. The first-order valence-corrected chi connectivity index (χ1v) is 11.2. The summed E-state index contributed by atoms with van der Waals surface area (Å²) >= 11 is 0. The minimum Gasteiger partial charge on any atom is -0.490 e. The van der Waals surface area contributed by atoms with Crippen LogP contribution in [0.15, 0.2) is 23.2 Å². The van der Waals surface area contributed by atoms with E-state index in [0.717, 1.165) is 62.2 Å². The summed E-state index contributed by atoms with van der Waals surface area (Å²) in [6, 6.07) is 6.11. The van der Waals surface area contributed by atoms with E-state index in [9.17, 15) is 0 Å². The Kier molecular flexibility index (Phi) is 11.1. The molecule has 0 spiro atoms. The molecule has 1 fully saturated rings. The zero-order valence-corrected chi connectivity index (χ0v) is 20.8. The second kappa shape index (κ2) is 13.2. The largest absolute Gasteiger partial charge is 0.490 e. The molecule has 7 heteroatoms. The van der Waals surface area contributed by atoms with Crippen molar-refractivity contribution in [1.82, 2.24) is 10.6 Å². The topological polar surface area (TPSA) is 64.1 Å². The Morgan fingerprint density at radius 1 is 1.07 bits per heavy atom. The second-order valence-electron chi connectivity index (χ2n) is 8.03. The molecule has 0 bridgehead atoms. The number of nitrogens with zero attached hydrogens (tertiary/aromatic N) is 1. The smallest absolute Gasteiger partial charge is 0.191 e. The molecule has 0 radical (unpaired) electrons. The molecule has 1 aromatic carbocycles. The Balaban J connectivity index is 0.00000320. The molecule has 3 rings (SSSR count). The molecule has 2 N–H and O–H groups in total. The van der Waals surface area contributed by atoms with Gasteiger partial charge in [-0.2, -0.15) is 0 Å². The van der Waals surface area contributed by atoms with Gasteiger partial charge in [0.25, 0.3) is 0 Å². The molecule has 6 nitrogen and oxygen atoms in total. The van der Waals surface area contributed by atoms with E-state index >= 15 is 0 Å². The van der Waals surface area contributed by atoms with E-state index < -0.39 is 0 Å². The fraction of sp³-hybridized carbons (Fsp3) is 0.696. The summed E-state index contributed by atoms with van der Waals surface area (Å²) in [5.74, 6) is 2.54. The van der Waals surface area contributed by atoms with Crippen molar-refractivity contribution >= 4 is 29.9 Å². The minimum atomic E-state index is 0. The van der Waals surface area contributed by atoms with Crippen LogP contribution in [-0.2, 0) is 11.3 Å². The van der Waals surface area contributed by atoms with Gasteiger partial charge in [-0.25, -0.2) is 4.99 Å². The molecular formula is C23H38IN3O3. The van der Waals surface area contributed by atoms with Crippen LogP contribution in [0.25, 0.3) is 0 Å². The first-order chi connectivity index (χ1) is 14.2. The molecule has 1 saturated carbocycles. The SMILES string of the molecule is CCNC(=NCc1ccc2c(c1)OCCCO2)NCC1(CCOCC)CCCC1.I. The number of nitrogens with one attached hydrogen (secondary N) is 2. The van der Waals surface area contributed by atoms with Crippen molar-refractivity contribution in [2.24, 2.45) is 10.4 Å². The lowest BCUT2D eigenvalue weighted by Gasteiger charge is -2.30. The van der Waals surface area contributed by atoms with Crippen LogP contribution < -0.4 is 20.1 Å². The summed E-state index contributed by atoms with van der Waals surface area (Å²) in [5.41, 5.74) is 1.46. The highest BCUT2D eigenvalue weighted by atomic mass is 127. The highest BCUT2D eigenvalue weighted by Gasteiger charge is 2.33. The number of hydrogen-bond acceptors (Lipinski definition) is 4. The van der Waals surface area contributed by atoms with E-state index in [1.165, 1.54) is 25.7 Å². The van der Waals surface area contributed by atoms with E-state index in [-0.39, 0.29) is 24.0 Å². The van der Waals surface area contributed by atoms with Gasteiger partial charge in [-0.05, 0) is 56.2 Å². The minimum absolute atomic E-state index is 0. The number of fused-ring (bicyclic) bond motifs is 1. The average Bonchev–Trinajstić information content (AvgIpc) is 3.07. The van der Waals surface area contributed by atoms with E-state index in [1.807, 2.05) is 12.1 Å². The van der Waals surface area contributed by atoms with Gasteiger partial charge in [0.05, 0.1) is 19.8 Å². The van der Waals surface area contributed by atoms with Gasteiger partial charge in [0.15, 0.2) is 17.5 Å². The number of halogens is 1. The van der Waals surface area contributed by atoms with E-state index in [1.54, 1.807) is 0 Å². The number of guanidine groups is 1. The Morgan fingerprint density at radius 2 is 1.83 bits per heavy atom. The zero-order valence-electron chi connectivity index (χ0n) is 18.5. The fourth-order valence-electron chi connectivity index (χ4n) is 4.16. The van der Waals surface area contributed by atoms with Crippen LogP contribution >= 0.6 is 24.0 Å². The van der Waals surface area contributed by atoms with Crippen LogP contribution in [0.4, 0.5) is 0 Å². The van der Waals surface area contributed by atoms with Crippen molar-refractivity contribution in [1.29, 1.82) is 0 Å². The number of aliphatic imine (C=N–C) groups is 1. The van der Waals surface area contributed by atoms with Gasteiger partial charge in [0.1, 0.15) is 0 Å². The molecule has 0 unspecified atom stereocenters. The molecule has 1 aliphatic carbocycles. The Hall–Kier alpha value is -1.22. The summed E-state index contributed by atoms with van der Waals surface area (Å²) < 4.78 is 17.2. The van der Waals surface area contributed by atoms with E-state index in [2.05, 4.69) is 30.5 Å². The quantitative estimate of drug-likeness (QED) is 0.213. The van der Waals surface area contributed by atoms with Gasteiger partial charge in [0.2, 0.25) is 0 Å². The van der Waals surface area contributed by atoms with Crippen LogP contribution in [0.2, 0.25) is 0 Å².